The summed E-state index contributed by atoms with van der Waals surface area (Å²) in [5.74, 6) is -1.98. The predicted molar refractivity (Wildman–Crippen MR) is 124 cm³/mol. The number of rotatable bonds is 4. The van der Waals surface area contributed by atoms with Crippen molar-refractivity contribution in [3.63, 3.8) is 0 Å². The highest BCUT2D eigenvalue weighted by Crippen LogP contribution is 2.36. The number of aromatic amines is 1. The quantitative estimate of drug-likeness (QED) is 0.313. The summed E-state index contributed by atoms with van der Waals surface area (Å²) in [6, 6.07) is 7.93. The maximum atomic E-state index is 14.0. The molecule has 0 unspecified atom stereocenters. The number of imidazole rings is 1. The fraction of sp³-hybridized carbons (Fsp3) is 0.200. The van der Waals surface area contributed by atoms with Crippen LogP contribution >= 0.6 is 0 Å². The second kappa shape index (κ2) is 9.22. The third kappa shape index (κ3) is 4.36. The largest absolute Gasteiger partial charge is 0.429 e. The summed E-state index contributed by atoms with van der Waals surface area (Å²) in [7, 11) is 0. The number of nitrogens with zero attached hydrogens (tertiary/aromatic N) is 6. The van der Waals surface area contributed by atoms with E-state index in [1.54, 1.807) is 18.3 Å². The van der Waals surface area contributed by atoms with Gasteiger partial charge in [-0.1, -0.05) is 18.2 Å². The molecule has 1 aromatic carbocycles. The molecule has 0 saturated heterocycles. The molecule has 9 nitrogen and oxygen atoms in total. The van der Waals surface area contributed by atoms with Crippen LogP contribution in [-0.4, -0.2) is 47.3 Å². The van der Waals surface area contributed by atoms with Gasteiger partial charge in [0.2, 0.25) is 11.7 Å². The lowest BCUT2D eigenvalue weighted by Gasteiger charge is -2.33. The zero-order valence-electron chi connectivity index (χ0n) is 19.7. The lowest BCUT2D eigenvalue weighted by atomic mass is 10.0. The van der Waals surface area contributed by atoms with Crippen LogP contribution in [0.2, 0.25) is 0 Å². The van der Waals surface area contributed by atoms with Gasteiger partial charge in [0.25, 0.3) is 12.3 Å². The van der Waals surface area contributed by atoms with Gasteiger partial charge in [0.1, 0.15) is 11.7 Å². The van der Waals surface area contributed by atoms with Gasteiger partial charge in [0.15, 0.2) is 11.5 Å². The number of hydrogen-bond donors (Lipinski definition) is 1. The van der Waals surface area contributed by atoms with E-state index in [4.69, 9.17) is 4.42 Å². The Bertz CT molecular complexity index is 1680. The number of aromatic nitrogens is 6. The van der Waals surface area contributed by atoms with Crippen LogP contribution in [0.15, 0.2) is 59.5 Å². The molecular formula is C25H16F5N7O2. The molecule has 0 saturated carbocycles. The summed E-state index contributed by atoms with van der Waals surface area (Å²) in [4.78, 5) is 38.7. The molecule has 0 spiro atoms. The second-order valence-electron chi connectivity index (χ2n) is 8.67. The molecule has 0 bridgehead atoms. The Hall–Kier alpha value is -4.75. The molecule has 1 amide bonds. The van der Waals surface area contributed by atoms with Crippen LogP contribution in [0.1, 0.15) is 51.5 Å². The number of hydrogen-bond acceptors (Lipinski definition) is 7. The van der Waals surface area contributed by atoms with Gasteiger partial charge in [0.05, 0.1) is 23.1 Å². The lowest BCUT2D eigenvalue weighted by Crippen LogP contribution is -2.41. The van der Waals surface area contributed by atoms with Gasteiger partial charge in [-0.25, -0.2) is 28.7 Å². The predicted octanol–water partition coefficient (Wildman–Crippen LogP) is 5.15. The number of halogens is 5. The fourth-order valence-corrected chi connectivity index (χ4v) is 4.44. The number of pyridine rings is 1. The number of carbonyl (C=O) groups is 1. The minimum absolute atomic E-state index is 0.0894. The molecule has 1 aliphatic heterocycles. The molecule has 1 aliphatic rings. The van der Waals surface area contributed by atoms with Crippen LogP contribution in [-0.2, 0) is 12.6 Å². The van der Waals surface area contributed by atoms with Crippen molar-refractivity contribution in [2.24, 2.45) is 0 Å². The van der Waals surface area contributed by atoms with Gasteiger partial charge in [-0.2, -0.15) is 13.2 Å². The highest BCUT2D eigenvalue weighted by atomic mass is 19.4. The number of H-pyrrole nitrogens is 1. The van der Waals surface area contributed by atoms with Crippen molar-refractivity contribution in [2.45, 2.75) is 25.1 Å². The molecule has 0 radical (unpaired) electrons. The summed E-state index contributed by atoms with van der Waals surface area (Å²) in [5.41, 5.74) is -0.435. The lowest BCUT2D eigenvalue weighted by molar-refractivity contribution is -0.137. The average Bonchev–Trinajstić information content (AvgIpc) is 3.59. The first-order valence-corrected chi connectivity index (χ1v) is 11.6. The minimum Gasteiger partial charge on any atom is -0.429 e. The average molecular weight is 541 g/mol. The number of benzene rings is 1. The van der Waals surface area contributed by atoms with Crippen molar-refractivity contribution in [3.8, 4) is 11.6 Å². The van der Waals surface area contributed by atoms with Crippen LogP contribution in [0, 0.1) is 0 Å². The molecule has 14 heteroatoms. The number of amides is 1. The number of carbonyl (C=O) groups excluding carboxylic acids is 1. The van der Waals surface area contributed by atoms with Crippen LogP contribution in [0.4, 0.5) is 22.0 Å². The Kier molecular flexibility index (Phi) is 5.81. The highest BCUT2D eigenvalue weighted by molar-refractivity contribution is 5.93. The van der Waals surface area contributed by atoms with E-state index in [1.165, 1.54) is 11.2 Å². The van der Waals surface area contributed by atoms with E-state index < -0.39 is 47.5 Å². The standard InChI is InChI=1S/C25H16F5N7O2/c26-21(27)18-20(39-23(36-18)16-6-5-13(10-31-16)25(28,29)30)24(38)37-8-7-15-17(34-11-33-15)19(37)22-32-9-12-3-1-2-4-14(12)35-22/h1-6,9-11,19,21H,7-8H2,(H,33,34)/t19-/m0/s1. The third-order valence-electron chi connectivity index (χ3n) is 6.30. The molecule has 198 valence electrons. The van der Waals surface area contributed by atoms with Crippen molar-refractivity contribution in [1.29, 1.82) is 0 Å². The van der Waals surface area contributed by atoms with E-state index in [1.807, 2.05) is 12.1 Å². The Morgan fingerprint density at radius 3 is 2.62 bits per heavy atom. The summed E-state index contributed by atoms with van der Waals surface area (Å²) in [6.07, 6.45) is -3.93. The molecule has 1 atom stereocenters. The van der Waals surface area contributed by atoms with Crippen molar-refractivity contribution < 1.29 is 31.2 Å². The van der Waals surface area contributed by atoms with E-state index in [-0.39, 0.29) is 18.1 Å². The van der Waals surface area contributed by atoms with Gasteiger partial charge in [0, 0.05) is 36.4 Å². The number of alkyl halides is 5. The van der Waals surface area contributed by atoms with Crippen LogP contribution in [0.3, 0.4) is 0 Å². The van der Waals surface area contributed by atoms with Gasteiger partial charge in [-0.05, 0) is 18.2 Å². The summed E-state index contributed by atoms with van der Waals surface area (Å²) in [6.45, 7) is 0.0894. The first-order chi connectivity index (χ1) is 18.7. The second-order valence-corrected chi connectivity index (χ2v) is 8.67. The summed E-state index contributed by atoms with van der Waals surface area (Å²) in [5, 5.41) is 0.765. The van der Waals surface area contributed by atoms with Gasteiger partial charge in [-0.15, -0.1) is 0 Å². The van der Waals surface area contributed by atoms with E-state index in [9.17, 15) is 26.7 Å². The topological polar surface area (TPSA) is 114 Å². The zero-order chi connectivity index (χ0) is 27.3. The smallest absolute Gasteiger partial charge is 0.417 e. The van der Waals surface area contributed by atoms with Crippen molar-refractivity contribution in [2.75, 3.05) is 6.54 Å². The first kappa shape index (κ1) is 24.6. The van der Waals surface area contributed by atoms with Crippen LogP contribution in [0.25, 0.3) is 22.5 Å². The summed E-state index contributed by atoms with van der Waals surface area (Å²) >= 11 is 0. The maximum Gasteiger partial charge on any atom is 0.417 e. The van der Waals surface area contributed by atoms with Crippen molar-refractivity contribution in [3.05, 3.63) is 89.3 Å². The molecule has 6 rings (SSSR count). The van der Waals surface area contributed by atoms with Crippen LogP contribution in [0.5, 0.6) is 0 Å². The van der Waals surface area contributed by atoms with Crippen molar-refractivity contribution >= 4 is 16.8 Å². The normalized spacial score (nSPS) is 15.6. The fourth-order valence-electron chi connectivity index (χ4n) is 4.44. The van der Waals surface area contributed by atoms with E-state index >= 15 is 0 Å². The molecular weight excluding hydrogens is 525 g/mol. The Morgan fingerprint density at radius 1 is 1.05 bits per heavy atom. The zero-order valence-corrected chi connectivity index (χ0v) is 19.7. The maximum absolute atomic E-state index is 14.0. The van der Waals surface area contributed by atoms with Gasteiger partial charge in [-0.3, -0.25) is 9.78 Å². The molecule has 39 heavy (non-hydrogen) atoms. The van der Waals surface area contributed by atoms with Gasteiger partial charge >= 0.3 is 6.18 Å². The third-order valence-corrected chi connectivity index (χ3v) is 6.30. The number of oxazole rings is 1. The number of fused-ring (bicyclic) bond motifs is 2. The Morgan fingerprint density at radius 2 is 1.87 bits per heavy atom. The first-order valence-electron chi connectivity index (χ1n) is 11.6. The highest BCUT2D eigenvalue weighted by Gasteiger charge is 2.40. The Balaban J connectivity index is 1.41. The molecule has 0 aliphatic carbocycles. The van der Waals surface area contributed by atoms with E-state index in [0.29, 0.717) is 29.9 Å². The molecule has 0 fully saturated rings. The van der Waals surface area contributed by atoms with Crippen LogP contribution < -0.4 is 0 Å². The van der Waals surface area contributed by atoms with E-state index in [0.717, 1.165) is 17.1 Å². The summed E-state index contributed by atoms with van der Waals surface area (Å²) < 4.78 is 72.1. The number of para-hydroxylation sites is 1. The molecule has 4 aromatic heterocycles. The van der Waals surface area contributed by atoms with Crippen molar-refractivity contribution in [1.82, 2.24) is 34.8 Å². The van der Waals surface area contributed by atoms with Gasteiger partial charge < -0.3 is 14.3 Å². The molecule has 5 heterocycles. The van der Waals surface area contributed by atoms with E-state index in [2.05, 4.69) is 29.9 Å². The monoisotopic (exact) mass is 541 g/mol. The SMILES string of the molecule is O=C(c1oc(-c2ccc(C(F)(F)F)cn2)nc1C(F)F)N1CCc2[nH]cnc2[C@H]1c1ncc2ccccc2n1. The Labute approximate surface area is 215 Å². The number of nitrogens with one attached hydrogen (secondary N) is 1. The molecule has 1 N–H and O–H groups in total. The minimum atomic E-state index is -4.64. The molecule has 5 aromatic rings.